The first-order chi connectivity index (χ1) is 17.7. The van der Waals surface area contributed by atoms with Gasteiger partial charge in [0.05, 0.1) is 59.0 Å². The number of hydrogen-bond donors (Lipinski definition) is 2. The van der Waals surface area contributed by atoms with Crippen LogP contribution in [0, 0.1) is 17.2 Å². The van der Waals surface area contributed by atoms with Gasteiger partial charge in [-0.2, -0.15) is 5.26 Å². The monoisotopic (exact) mass is 563 g/mol. The quantitative estimate of drug-likeness (QED) is 0.337. The summed E-state index contributed by atoms with van der Waals surface area (Å²) in [5, 5.41) is 15.8. The van der Waals surface area contributed by atoms with E-state index in [1.54, 1.807) is 31.2 Å². The number of benzene rings is 2. The van der Waals surface area contributed by atoms with E-state index in [1.807, 2.05) is 0 Å². The van der Waals surface area contributed by atoms with E-state index in [0.29, 0.717) is 23.6 Å². The molecule has 194 valence electrons. The van der Waals surface area contributed by atoms with Crippen LogP contribution in [0.5, 0.6) is 11.5 Å². The molecule has 1 aliphatic rings. The molecule has 1 aliphatic heterocycles. The summed E-state index contributed by atoms with van der Waals surface area (Å²) in [5.74, 6) is -3.78. The van der Waals surface area contributed by atoms with Gasteiger partial charge in [-0.15, -0.1) is 0 Å². The summed E-state index contributed by atoms with van der Waals surface area (Å²) in [6.07, 6.45) is 0. The molecule has 2 atom stereocenters. The van der Waals surface area contributed by atoms with Crippen LogP contribution in [0.4, 0.5) is 5.69 Å². The van der Waals surface area contributed by atoms with Crippen LogP contribution in [0.1, 0.15) is 18.4 Å². The summed E-state index contributed by atoms with van der Waals surface area (Å²) in [6, 6.07) is 11.9. The van der Waals surface area contributed by atoms with Gasteiger partial charge in [-0.25, -0.2) is 0 Å². The fraction of sp³-hybridized carbons (Fsp3) is 0.280. The molecule has 0 fully saturated rings. The van der Waals surface area contributed by atoms with Crippen LogP contribution in [-0.2, 0) is 19.1 Å². The number of thioether (sulfide) groups is 1. The van der Waals surface area contributed by atoms with Gasteiger partial charge in [-0.05, 0) is 36.8 Å². The highest BCUT2D eigenvalue weighted by Gasteiger charge is 2.44. The number of rotatable bonds is 9. The number of hydrogen-bond acceptors (Lipinski definition) is 8. The van der Waals surface area contributed by atoms with Crippen LogP contribution < -0.4 is 20.1 Å². The van der Waals surface area contributed by atoms with Crippen molar-refractivity contribution in [3.05, 3.63) is 62.6 Å². The van der Waals surface area contributed by atoms with Crippen molar-refractivity contribution in [1.82, 2.24) is 5.32 Å². The molecule has 3 rings (SSSR count). The maximum atomic E-state index is 13.0. The van der Waals surface area contributed by atoms with Gasteiger partial charge in [-0.3, -0.25) is 14.4 Å². The normalized spacial score (nSPS) is 16.9. The van der Waals surface area contributed by atoms with Crippen molar-refractivity contribution in [1.29, 1.82) is 5.26 Å². The topological polar surface area (TPSA) is 127 Å². The number of nitriles is 1. The average molecular weight is 564 g/mol. The second-order valence-corrected chi connectivity index (χ2v) is 9.41. The Labute approximate surface area is 228 Å². The zero-order chi connectivity index (χ0) is 27.1. The molecule has 2 aromatic carbocycles. The van der Waals surface area contributed by atoms with Crippen molar-refractivity contribution in [3.63, 3.8) is 0 Å². The van der Waals surface area contributed by atoms with Gasteiger partial charge in [0.15, 0.2) is 5.75 Å². The standard InChI is InChI=1S/C25H23Cl2N3O6S/c1-4-36-22-15(26)9-13(10-16(22)27)20-14(11-28)24(30-23(32)21(20)25(33)35-3)37-12-19(31)29-17-7-5-6-8-18(17)34-2/h5-10,20-21H,4,12H2,1-3H3,(H,29,31)(H,30,32)/t20-,21-/m0/s1. The van der Waals surface area contributed by atoms with Gasteiger partial charge >= 0.3 is 5.97 Å². The third-order valence-electron chi connectivity index (χ3n) is 5.38. The molecule has 9 nitrogen and oxygen atoms in total. The number of methoxy groups -OCH3 is 2. The minimum Gasteiger partial charge on any atom is -0.495 e. The summed E-state index contributed by atoms with van der Waals surface area (Å²) in [4.78, 5) is 38.3. The highest BCUT2D eigenvalue weighted by molar-refractivity contribution is 8.03. The molecule has 0 spiro atoms. The smallest absolute Gasteiger partial charge is 0.319 e. The maximum Gasteiger partial charge on any atom is 0.319 e. The molecule has 0 radical (unpaired) electrons. The number of nitrogens with one attached hydrogen (secondary N) is 2. The lowest BCUT2D eigenvalue weighted by Gasteiger charge is -2.31. The molecular formula is C25H23Cl2N3O6S. The summed E-state index contributed by atoms with van der Waals surface area (Å²) >= 11 is 13.7. The molecule has 0 unspecified atom stereocenters. The van der Waals surface area contributed by atoms with E-state index in [4.69, 9.17) is 37.4 Å². The van der Waals surface area contributed by atoms with E-state index in [2.05, 4.69) is 16.7 Å². The van der Waals surface area contributed by atoms with E-state index < -0.39 is 29.6 Å². The average Bonchev–Trinajstić information content (AvgIpc) is 2.88. The number of amides is 2. The number of allylic oxidation sites excluding steroid dienone is 1. The Morgan fingerprint density at radius 3 is 2.46 bits per heavy atom. The number of halogens is 2. The van der Waals surface area contributed by atoms with E-state index in [0.717, 1.165) is 18.9 Å². The largest absolute Gasteiger partial charge is 0.495 e. The fourth-order valence-electron chi connectivity index (χ4n) is 3.79. The zero-order valence-corrected chi connectivity index (χ0v) is 22.4. The van der Waals surface area contributed by atoms with E-state index in [9.17, 15) is 19.6 Å². The zero-order valence-electron chi connectivity index (χ0n) is 20.1. The molecule has 0 saturated carbocycles. The SMILES string of the molecule is CCOc1c(Cl)cc([C@H]2C(C#N)=C(SCC(=O)Nc3ccccc3OC)NC(=O)[C@H]2C(=O)OC)cc1Cl. The van der Waals surface area contributed by atoms with Gasteiger partial charge in [0, 0.05) is 5.92 Å². The number of anilines is 1. The maximum absolute atomic E-state index is 13.0. The molecule has 2 aromatic rings. The second kappa shape index (κ2) is 12.7. The second-order valence-electron chi connectivity index (χ2n) is 7.61. The number of carbonyl (C=O) groups excluding carboxylic acids is 3. The van der Waals surface area contributed by atoms with Crippen molar-refractivity contribution < 1.29 is 28.6 Å². The lowest BCUT2D eigenvalue weighted by Crippen LogP contribution is -2.44. The van der Waals surface area contributed by atoms with Crippen molar-refractivity contribution in [2.75, 3.05) is 31.9 Å². The number of esters is 1. The number of para-hydroxylation sites is 2. The molecular weight excluding hydrogens is 541 g/mol. The first-order valence-electron chi connectivity index (χ1n) is 11.0. The van der Waals surface area contributed by atoms with Crippen molar-refractivity contribution >= 4 is 58.4 Å². The fourth-order valence-corrected chi connectivity index (χ4v) is 5.25. The molecule has 2 amide bonds. The van der Waals surface area contributed by atoms with Crippen molar-refractivity contribution in [2.45, 2.75) is 12.8 Å². The predicted octanol–water partition coefficient (Wildman–Crippen LogP) is 4.51. The Bertz CT molecular complexity index is 1270. The number of ether oxygens (including phenoxy) is 3. The molecule has 37 heavy (non-hydrogen) atoms. The Morgan fingerprint density at radius 2 is 1.86 bits per heavy atom. The van der Waals surface area contributed by atoms with Gasteiger partial charge < -0.3 is 24.8 Å². The molecule has 0 saturated heterocycles. The van der Waals surface area contributed by atoms with E-state index in [1.165, 1.54) is 19.2 Å². The molecule has 12 heteroatoms. The van der Waals surface area contributed by atoms with Crippen molar-refractivity contribution in [3.8, 4) is 17.6 Å². The lowest BCUT2D eigenvalue weighted by molar-refractivity contribution is -0.150. The Kier molecular flexibility index (Phi) is 9.69. The summed E-state index contributed by atoms with van der Waals surface area (Å²) in [6.45, 7) is 2.08. The van der Waals surface area contributed by atoms with Gasteiger partial charge in [0.2, 0.25) is 11.8 Å². The molecule has 0 bridgehead atoms. The highest BCUT2D eigenvalue weighted by atomic mass is 35.5. The predicted molar refractivity (Wildman–Crippen MR) is 141 cm³/mol. The number of nitrogens with zero attached hydrogens (tertiary/aromatic N) is 1. The third-order valence-corrected chi connectivity index (χ3v) is 6.96. The molecule has 1 heterocycles. The highest BCUT2D eigenvalue weighted by Crippen LogP contribution is 2.44. The van der Waals surface area contributed by atoms with Crippen molar-refractivity contribution in [2.24, 2.45) is 5.92 Å². The molecule has 2 N–H and O–H groups in total. The van der Waals surface area contributed by atoms with Crippen LogP contribution in [0.25, 0.3) is 0 Å². The van der Waals surface area contributed by atoms with E-state index in [-0.39, 0.29) is 32.1 Å². The Balaban J connectivity index is 1.97. The minimum absolute atomic E-state index is 0.0568. The minimum atomic E-state index is -1.38. The van der Waals surface area contributed by atoms with Crippen LogP contribution in [0.2, 0.25) is 10.0 Å². The summed E-state index contributed by atoms with van der Waals surface area (Å²) < 4.78 is 15.5. The van der Waals surface area contributed by atoms with Gasteiger partial charge in [0.1, 0.15) is 11.7 Å². The van der Waals surface area contributed by atoms with Crippen LogP contribution in [0.15, 0.2) is 47.0 Å². The first kappa shape index (κ1) is 28.2. The first-order valence-corrected chi connectivity index (χ1v) is 12.7. The van der Waals surface area contributed by atoms with Gasteiger partial charge in [0.25, 0.3) is 0 Å². The Hall–Kier alpha value is -3.39. The summed E-state index contributed by atoms with van der Waals surface area (Å²) in [5.41, 5.74) is 0.873. The number of carbonyl (C=O) groups is 3. The van der Waals surface area contributed by atoms with Gasteiger partial charge in [-0.1, -0.05) is 47.1 Å². The third kappa shape index (κ3) is 6.31. The lowest BCUT2D eigenvalue weighted by atomic mass is 9.78. The Morgan fingerprint density at radius 1 is 1.19 bits per heavy atom. The van der Waals surface area contributed by atoms with Crippen LogP contribution in [-0.4, -0.2) is 44.4 Å². The van der Waals surface area contributed by atoms with Crippen LogP contribution >= 0.6 is 35.0 Å². The molecule has 0 aliphatic carbocycles. The summed E-state index contributed by atoms with van der Waals surface area (Å²) in [7, 11) is 2.63. The van der Waals surface area contributed by atoms with E-state index >= 15 is 0 Å². The molecule has 0 aromatic heterocycles. The van der Waals surface area contributed by atoms with Crippen LogP contribution in [0.3, 0.4) is 0 Å².